The number of hydrogen-bond acceptors (Lipinski definition) is 5. The number of halogens is 1. The Morgan fingerprint density at radius 1 is 1.33 bits per heavy atom. The molecule has 6 nitrogen and oxygen atoms in total. The highest BCUT2D eigenvalue weighted by Crippen LogP contribution is 2.16. The summed E-state index contributed by atoms with van der Waals surface area (Å²) in [5.41, 5.74) is 0.514. The van der Waals surface area contributed by atoms with Crippen LogP contribution in [0.4, 0.5) is 0 Å². The van der Waals surface area contributed by atoms with Gasteiger partial charge in [-0.1, -0.05) is 35.5 Å². The van der Waals surface area contributed by atoms with Crippen LogP contribution in [-0.2, 0) is 4.74 Å². The third-order valence-electron chi connectivity index (χ3n) is 3.89. The van der Waals surface area contributed by atoms with E-state index in [0.717, 1.165) is 15.7 Å². The first kappa shape index (κ1) is 17.8. The van der Waals surface area contributed by atoms with Gasteiger partial charge in [-0.2, -0.15) is 0 Å². The maximum absolute atomic E-state index is 12.2. The lowest BCUT2D eigenvalue weighted by atomic mass is 10.1. The van der Waals surface area contributed by atoms with Gasteiger partial charge < -0.3 is 22.4 Å². The van der Waals surface area contributed by atoms with E-state index in [1.807, 2.05) is 55.8 Å². The summed E-state index contributed by atoms with van der Waals surface area (Å²) in [4.78, 5) is 15.0. The van der Waals surface area contributed by atoms with Crippen LogP contribution in [0.5, 0.6) is 0 Å². The molecule has 2 N–H and O–H groups in total. The van der Waals surface area contributed by atoms with E-state index in [9.17, 15) is 4.79 Å². The van der Waals surface area contributed by atoms with E-state index in [2.05, 4.69) is 5.16 Å². The number of fused-ring (bicyclic) bond motifs is 1. The van der Waals surface area contributed by atoms with Crippen molar-refractivity contribution in [2.75, 3.05) is 13.8 Å². The number of carbonyl (C=O) groups excluding carboxylic acids is 1. The minimum Gasteiger partial charge on any atom is -1.00 e. The number of nitrogens with one attached hydrogen (secondary N) is 1. The smallest absolute Gasteiger partial charge is 0.339 e. The third kappa shape index (κ3) is 3.67. The first-order valence-electron chi connectivity index (χ1n) is 7.30. The van der Waals surface area contributed by atoms with Crippen molar-refractivity contribution in [2.24, 2.45) is 5.16 Å². The molecule has 126 valence electrons. The summed E-state index contributed by atoms with van der Waals surface area (Å²) in [7, 11) is 1.92. The number of benzene rings is 2. The van der Waals surface area contributed by atoms with Crippen LogP contribution in [-0.4, -0.2) is 42.2 Å². The van der Waals surface area contributed by atoms with E-state index in [4.69, 9.17) is 9.94 Å². The van der Waals surface area contributed by atoms with Gasteiger partial charge in [0.2, 0.25) is 6.17 Å². The van der Waals surface area contributed by atoms with Gasteiger partial charge in [0.25, 0.3) is 0 Å². The zero-order valence-corrected chi connectivity index (χ0v) is 13.8. The summed E-state index contributed by atoms with van der Waals surface area (Å²) < 4.78 is 5.36. The Balaban J connectivity index is 0.00000208. The van der Waals surface area contributed by atoms with Gasteiger partial charge in [0.15, 0.2) is 6.73 Å². The molecule has 3 rings (SSSR count). The predicted octanol–water partition coefficient (Wildman–Crippen LogP) is -1.95. The van der Waals surface area contributed by atoms with Crippen molar-refractivity contribution >= 4 is 23.0 Å². The molecular formula is C17H18ClN3O3. The zero-order chi connectivity index (χ0) is 16.2. The van der Waals surface area contributed by atoms with Crippen molar-refractivity contribution in [2.45, 2.75) is 6.17 Å². The van der Waals surface area contributed by atoms with Crippen LogP contribution in [0.1, 0.15) is 10.4 Å². The number of ether oxygens (including phenoxy) is 1. The van der Waals surface area contributed by atoms with Crippen LogP contribution in [0.3, 0.4) is 0 Å². The van der Waals surface area contributed by atoms with Gasteiger partial charge in [-0.25, -0.2) is 4.79 Å². The highest BCUT2D eigenvalue weighted by Gasteiger charge is 2.27. The molecule has 24 heavy (non-hydrogen) atoms. The molecule has 1 heterocycles. The van der Waals surface area contributed by atoms with Crippen LogP contribution >= 0.6 is 0 Å². The predicted molar refractivity (Wildman–Crippen MR) is 86.2 cm³/mol. The van der Waals surface area contributed by atoms with Gasteiger partial charge in [0, 0.05) is 0 Å². The normalized spacial score (nSPS) is 19.6. The zero-order valence-electron chi connectivity index (χ0n) is 13.1. The van der Waals surface area contributed by atoms with Crippen LogP contribution in [0.25, 0.3) is 10.8 Å². The molecule has 2 aromatic carbocycles. The summed E-state index contributed by atoms with van der Waals surface area (Å²) in [5, 5.41) is 13.9. The van der Waals surface area contributed by atoms with E-state index in [1.165, 1.54) is 6.21 Å². The lowest BCUT2D eigenvalue weighted by Gasteiger charge is -2.22. The molecule has 0 bridgehead atoms. The molecule has 0 fully saturated rings. The maximum atomic E-state index is 12.2. The quantitative estimate of drug-likeness (QED) is 0.292. The first-order chi connectivity index (χ1) is 11.2. The Labute approximate surface area is 146 Å². The van der Waals surface area contributed by atoms with Crippen LogP contribution in [0.2, 0.25) is 0 Å². The number of nitrogens with zero attached hydrogens (tertiary/aromatic N) is 2. The van der Waals surface area contributed by atoms with Crippen LogP contribution in [0, 0.1) is 0 Å². The van der Waals surface area contributed by atoms with Gasteiger partial charge in [-0.15, -0.1) is 0 Å². The fourth-order valence-corrected chi connectivity index (χ4v) is 2.59. The number of hydrogen-bond donors (Lipinski definition) is 2. The maximum Gasteiger partial charge on any atom is 0.339 e. The average Bonchev–Trinajstić information content (AvgIpc) is 2.93. The lowest BCUT2D eigenvalue weighted by molar-refractivity contribution is -0.843. The minimum absolute atomic E-state index is 0. The van der Waals surface area contributed by atoms with E-state index in [1.54, 1.807) is 11.0 Å². The summed E-state index contributed by atoms with van der Waals surface area (Å²) in [6.45, 7) is 0.0934. The number of quaternary nitrogens is 1. The molecule has 7 heteroatoms. The van der Waals surface area contributed by atoms with Gasteiger partial charge in [0.1, 0.15) is 12.4 Å². The topological polar surface area (TPSA) is 66.6 Å². The Kier molecular flexibility index (Phi) is 5.78. The van der Waals surface area contributed by atoms with Crippen LogP contribution in [0.15, 0.2) is 60.0 Å². The molecule has 0 saturated heterocycles. The Bertz CT molecular complexity index is 779. The number of oxime groups is 1. The van der Waals surface area contributed by atoms with Gasteiger partial charge in [-0.05, 0) is 22.9 Å². The summed E-state index contributed by atoms with van der Waals surface area (Å²) in [5.74, 6) is -0.381. The third-order valence-corrected chi connectivity index (χ3v) is 3.89. The SMILES string of the molecule is C[NH+]1C=CN(COC(=O)c2ccc3ccccc3c2)C1/C=N\O.[Cl-]. The average molecular weight is 348 g/mol. The second-order valence-corrected chi connectivity index (χ2v) is 5.41. The Morgan fingerprint density at radius 2 is 2.08 bits per heavy atom. The summed E-state index contributed by atoms with van der Waals surface area (Å²) in [6.07, 6.45) is 4.93. The minimum atomic E-state index is -0.381. The van der Waals surface area contributed by atoms with Gasteiger partial charge in [0.05, 0.1) is 18.8 Å². The summed E-state index contributed by atoms with van der Waals surface area (Å²) >= 11 is 0. The highest BCUT2D eigenvalue weighted by molar-refractivity contribution is 5.95. The van der Waals surface area contributed by atoms with Gasteiger partial charge >= 0.3 is 5.97 Å². The van der Waals surface area contributed by atoms with Gasteiger partial charge in [-0.3, -0.25) is 9.80 Å². The molecule has 1 aliphatic rings. The van der Waals surface area contributed by atoms with E-state index in [0.29, 0.717) is 5.56 Å². The molecule has 0 aromatic heterocycles. The van der Waals surface area contributed by atoms with E-state index < -0.39 is 0 Å². The molecule has 0 radical (unpaired) electrons. The fourth-order valence-electron chi connectivity index (χ4n) is 2.59. The number of esters is 1. The fraction of sp³-hybridized carbons (Fsp3) is 0.176. The molecule has 1 aliphatic heterocycles. The largest absolute Gasteiger partial charge is 1.00 e. The van der Waals surface area contributed by atoms with Crippen molar-refractivity contribution < 1.29 is 32.0 Å². The van der Waals surface area contributed by atoms with E-state index >= 15 is 0 Å². The molecule has 2 atom stereocenters. The molecular weight excluding hydrogens is 330 g/mol. The molecule has 2 unspecified atom stereocenters. The first-order valence-corrected chi connectivity index (χ1v) is 7.30. The molecule has 0 saturated carbocycles. The van der Waals surface area contributed by atoms with Crippen molar-refractivity contribution in [1.82, 2.24) is 4.90 Å². The molecule has 2 aromatic rings. The van der Waals surface area contributed by atoms with Crippen molar-refractivity contribution in [3.05, 3.63) is 60.4 Å². The van der Waals surface area contributed by atoms with Crippen molar-refractivity contribution in [3.63, 3.8) is 0 Å². The lowest BCUT2D eigenvalue weighted by Crippen LogP contribution is -3.09. The number of rotatable bonds is 4. The standard InChI is InChI=1S/C17H17N3O3.ClH/c1-19-8-9-20(16(19)11-18-22)12-23-17(21)15-7-6-13-4-2-3-5-14(13)10-15;/h2-11,16,22H,12H2,1H3;1H/b18-11-;. The number of carbonyl (C=O) groups is 1. The molecule has 0 aliphatic carbocycles. The Morgan fingerprint density at radius 3 is 2.83 bits per heavy atom. The second kappa shape index (κ2) is 7.81. The van der Waals surface area contributed by atoms with Crippen molar-refractivity contribution in [1.29, 1.82) is 0 Å². The second-order valence-electron chi connectivity index (χ2n) is 5.41. The molecule has 0 spiro atoms. The molecule has 0 amide bonds. The van der Waals surface area contributed by atoms with Crippen molar-refractivity contribution in [3.8, 4) is 0 Å². The van der Waals surface area contributed by atoms with Crippen LogP contribution < -0.4 is 17.3 Å². The highest BCUT2D eigenvalue weighted by atomic mass is 35.5. The Hall–Kier alpha value is -2.57. The van der Waals surface area contributed by atoms with E-state index in [-0.39, 0.29) is 31.3 Å². The summed E-state index contributed by atoms with van der Waals surface area (Å²) in [6, 6.07) is 13.3. The monoisotopic (exact) mass is 347 g/mol.